The van der Waals surface area contributed by atoms with Crippen molar-refractivity contribution in [1.82, 2.24) is 4.98 Å². The summed E-state index contributed by atoms with van der Waals surface area (Å²) in [6.45, 7) is 2.07. The fourth-order valence-electron chi connectivity index (χ4n) is 4.00. The van der Waals surface area contributed by atoms with Gasteiger partial charge in [-0.2, -0.15) is 0 Å². The lowest BCUT2D eigenvalue weighted by molar-refractivity contribution is -0.0861. The average Bonchev–Trinajstić information content (AvgIpc) is 2.82. The van der Waals surface area contributed by atoms with Gasteiger partial charge in [0.25, 0.3) is 0 Å². The van der Waals surface area contributed by atoms with Crippen LogP contribution in [0.5, 0.6) is 0 Å². The molecule has 1 aliphatic carbocycles. The van der Waals surface area contributed by atoms with Gasteiger partial charge in [-0.25, -0.2) is 0 Å². The molecule has 1 fully saturated rings. The third-order valence-electron chi connectivity index (χ3n) is 4.92. The molecule has 2 aromatic rings. The Kier molecular flexibility index (Phi) is 3.47. The third kappa shape index (κ3) is 2.26. The van der Waals surface area contributed by atoms with E-state index in [2.05, 4.69) is 19.1 Å². The van der Waals surface area contributed by atoms with Gasteiger partial charge in [0.2, 0.25) is 0 Å². The van der Waals surface area contributed by atoms with Crippen LogP contribution in [-0.2, 0) is 10.3 Å². The van der Waals surface area contributed by atoms with E-state index in [1.165, 1.54) is 30.4 Å². The van der Waals surface area contributed by atoms with Crippen LogP contribution in [0, 0.1) is 6.92 Å². The lowest BCUT2D eigenvalue weighted by atomic mass is 9.82. The van der Waals surface area contributed by atoms with Crippen molar-refractivity contribution in [2.75, 3.05) is 0 Å². The Bertz CT molecular complexity index is 686. The summed E-state index contributed by atoms with van der Waals surface area (Å²) in [6.07, 6.45) is 7.74. The minimum absolute atomic E-state index is 0.0424. The van der Waals surface area contributed by atoms with Crippen molar-refractivity contribution in [2.45, 2.75) is 50.7 Å². The number of halogens is 1. The monoisotopic (exact) mass is 313 g/mol. The van der Waals surface area contributed by atoms with Gasteiger partial charge in [0.15, 0.2) is 0 Å². The van der Waals surface area contributed by atoms with Crippen LogP contribution in [-0.4, -0.2) is 4.98 Å². The van der Waals surface area contributed by atoms with E-state index in [1.807, 2.05) is 24.4 Å². The van der Waals surface area contributed by atoms with E-state index in [0.717, 1.165) is 29.1 Å². The molecule has 0 N–H and O–H groups in total. The lowest BCUT2D eigenvalue weighted by Crippen LogP contribution is -2.29. The van der Waals surface area contributed by atoms with Crippen LogP contribution in [0.25, 0.3) is 0 Å². The molecule has 2 aliphatic rings. The summed E-state index contributed by atoms with van der Waals surface area (Å²) >= 11 is 6.26. The van der Waals surface area contributed by atoms with Crippen molar-refractivity contribution >= 4 is 11.6 Å². The topological polar surface area (TPSA) is 22.1 Å². The van der Waals surface area contributed by atoms with Crippen LogP contribution in [0.1, 0.15) is 60.6 Å². The first kappa shape index (κ1) is 14.2. The van der Waals surface area contributed by atoms with Crippen molar-refractivity contribution in [3.05, 3.63) is 63.9 Å². The fraction of sp³-hybridized carbons (Fsp3) is 0.421. The molecule has 0 bridgehead atoms. The van der Waals surface area contributed by atoms with E-state index in [1.54, 1.807) is 0 Å². The van der Waals surface area contributed by atoms with Crippen molar-refractivity contribution in [3.63, 3.8) is 0 Å². The summed E-state index contributed by atoms with van der Waals surface area (Å²) < 4.78 is 6.64. The van der Waals surface area contributed by atoms with E-state index < -0.39 is 0 Å². The molecule has 1 spiro atoms. The standard InChI is InChI=1S/C19H20ClNO/c1-13-10-14(12-15(20)11-13)17-16-6-5-9-21-18(16)19(22-17)7-3-2-4-8-19/h5-6,9-12,17H,2-4,7-8H2,1H3. The molecule has 1 atom stereocenters. The molecule has 0 saturated heterocycles. The average molecular weight is 314 g/mol. The first-order valence-electron chi connectivity index (χ1n) is 8.08. The van der Waals surface area contributed by atoms with Crippen LogP contribution >= 0.6 is 11.6 Å². The minimum Gasteiger partial charge on any atom is -0.356 e. The van der Waals surface area contributed by atoms with Gasteiger partial charge in [0, 0.05) is 16.8 Å². The molecule has 1 unspecified atom stereocenters. The molecule has 3 heteroatoms. The van der Waals surface area contributed by atoms with Gasteiger partial charge in [-0.1, -0.05) is 43.0 Å². The first-order chi connectivity index (χ1) is 10.7. The molecule has 4 rings (SSSR count). The van der Waals surface area contributed by atoms with Crippen molar-refractivity contribution in [3.8, 4) is 0 Å². The van der Waals surface area contributed by atoms with Crippen molar-refractivity contribution in [1.29, 1.82) is 0 Å². The number of hydrogen-bond acceptors (Lipinski definition) is 2. The number of fused-ring (bicyclic) bond motifs is 2. The predicted molar refractivity (Wildman–Crippen MR) is 88.1 cm³/mol. The highest BCUT2D eigenvalue weighted by molar-refractivity contribution is 6.30. The second-order valence-corrected chi connectivity index (χ2v) is 6.99. The van der Waals surface area contributed by atoms with Gasteiger partial charge in [-0.3, -0.25) is 4.98 Å². The smallest absolute Gasteiger partial charge is 0.112 e. The molecule has 22 heavy (non-hydrogen) atoms. The molecule has 0 amide bonds. The number of hydrogen-bond donors (Lipinski definition) is 0. The summed E-state index contributed by atoms with van der Waals surface area (Å²) in [5, 5.41) is 0.772. The molecular weight excluding hydrogens is 294 g/mol. The maximum absolute atomic E-state index is 6.64. The predicted octanol–water partition coefficient (Wildman–Crippen LogP) is 5.32. The van der Waals surface area contributed by atoms with E-state index >= 15 is 0 Å². The van der Waals surface area contributed by atoms with E-state index in [9.17, 15) is 0 Å². The zero-order chi connectivity index (χ0) is 15.2. The zero-order valence-electron chi connectivity index (χ0n) is 12.8. The second-order valence-electron chi connectivity index (χ2n) is 6.56. The summed E-state index contributed by atoms with van der Waals surface area (Å²) in [5.41, 5.74) is 4.49. The quantitative estimate of drug-likeness (QED) is 0.710. The minimum atomic E-state index is -0.185. The third-order valence-corrected chi connectivity index (χ3v) is 5.14. The molecular formula is C19H20ClNO. The van der Waals surface area contributed by atoms with E-state index in [4.69, 9.17) is 21.3 Å². The highest BCUT2D eigenvalue weighted by Crippen LogP contribution is 2.52. The Morgan fingerprint density at radius 1 is 1.18 bits per heavy atom. The van der Waals surface area contributed by atoms with Crippen LogP contribution in [0.4, 0.5) is 0 Å². The highest BCUT2D eigenvalue weighted by Gasteiger charge is 2.47. The molecule has 1 aromatic heterocycles. The van der Waals surface area contributed by atoms with Crippen molar-refractivity contribution in [2.24, 2.45) is 0 Å². The van der Waals surface area contributed by atoms with Gasteiger partial charge >= 0.3 is 0 Å². The van der Waals surface area contributed by atoms with E-state index in [-0.39, 0.29) is 11.7 Å². The highest BCUT2D eigenvalue weighted by atomic mass is 35.5. The Morgan fingerprint density at radius 3 is 2.77 bits per heavy atom. The number of nitrogens with zero attached hydrogens (tertiary/aromatic N) is 1. The van der Waals surface area contributed by atoms with Crippen molar-refractivity contribution < 1.29 is 4.74 Å². The van der Waals surface area contributed by atoms with Gasteiger partial charge in [0.05, 0.1) is 5.69 Å². The maximum atomic E-state index is 6.64. The van der Waals surface area contributed by atoms with Crippen LogP contribution in [0.15, 0.2) is 36.5 Å². The molecule has 2 nitrogen and oxygen atoms in total. The summed E-state index contributed by atoms with van der Waals surface area (Å²) in [4.78, 5) is 4.70. The second kappa shape index (κ2) is 5.36. The lowest BCUT2D eigenvalue weighted by Gasteiger charge is -2.33. The van der Waals surface area contributed by atoms with Gasteiger partial charge in [-0.05, 0) is 49.1 Å². The number of aryl methyl sites for hydroxylation is 1. The van der Waals surface area contributed by atoms with E-state index in [0.29, 0.717) is 0 Å². The Balaban J connectivity index is 1.82. The molecule has 1 aliphatic heterocycles. The number of pyridine rings is 1. The van der Waals surface area contributed by atoms with Gasteiger partial charge < -0.3 is 4.74 Å². The number of rotatable bonds is 1. The largest absolute Gasteiger partial charge is 0.356 e. The Hall–Kier alpha value is -1.38. The molecule has 1 saturated carbocycles. The molecule has 2 heterocycles. The van der Waals surface area contributed by atoms with Gasteiger partial charge in [-0.15, -0.1) is 0 Å². The van der Waals surface area contributed by atoms with Crippen LogP contribution in [0.3, 0.4) is 0 Å². The Labute approximate surface area is 136 Å². The summed E-state index contributed by atoms with van der Waals surface area (Å²) in [5.74, 6) is 0. The number of ether oxygens (including phenoxy) is 1. The SMILES string of the molecule is Cc1cc(Cl)cc(C2OC3(CCCCC3)c3ncccc32)c1. The zero-order valence-corrected chi connectivity index (χ0v) is 13.6. The van der Waals surface area contributed by atoms with Crippen LogP contribution < -0.4 is 0 Å². The normalized spacial score (nSPS) is 22.7. The number of aromatic nitrogens is 1. The fourth-order valence-corrected chi connectivity index (χ4v) is 4.29. The van der Waals surface area contributed by atoms with Crippen LogP contribution in [0.2, 0.25) is 5.02 Å². The summed E-state index contributed by atoms with van der Waals surface area (Å²) in [6, 6.07) is 10.4. The number of benzene rings is 1. The molecule has 114 valence electrons. The van der Waals surface area contributed by atoms with Gasteiger partial charge in [0.1, 0.15) is 11.7 Å². The maximum Gasteiger partial charge on any atom is 0.112 e. The molecule has 1 aromatic carbocycles. The molecule has 0 radical (unpaired) electrons. The Morgan fingerprint density at radius 2 is 2.00 bits per heavy atom. The summed E-state index contributed by atoms with van der Waals surface area (Å²) in [7, 11) is 0. The first-order valence-corrected chi connectivity index (χ1v) is 8.46.